The van der Waals surface area contributed by atoms with Crippen molar-refractivity contribution in [3.63, 3.8) is 0 Å². The maximum absolute atomic E-state index is 12.6. The second kappa shape index (κ2) is 10.2. The van der Waals surface area contributed by atoms with Gasteiger partial charge in [-0.05, 0) is 38.9 Å². The molecule has 0 aliphatic rings. The van der Waals surface area contributed by atoms with Crippen LogP contribution in [-0.4, -0.2) is 39.1 Å². The van der Waals surface area contributed by atoms with Gasteiger partial charge in [-0.25, -0.2) is 0 Å². The van der Waals surface area contributed by atoms with Crippen LogP contribution in [0.3, 0.4) is 0 Å². The van der Waals surface area contributed by atoms with E-state index >= 15 is 0 Å². The van der Waals surface area contributed by atoms with Crippen LogP contribution in [0.5, 0.6) is 0 Å². The van der Waals surface area contributed by atoms with Crippen LogP contribution in [0.4, 0.5) is 5.69 Å². The van der Waals surface area contributed by atoms with Crippen LogP contribution < -0.4 is 5.32 Å². The van der Waals surface area contributed by atoms with Crippen molar-refractivity contribution >= 4 is 11.6 Å². The van der Waals surface area contributed by atoms with E-state index in [1.165, 1.54) is 11.6 Å². The third kappa shape index (κ3) is 5.59. The summed E-state index contributed by atoms with van der Waals surface area (Å²) >= 11 is 0. The van der Waals surface area contributed by atoms with E-state index in [0.717, 1.165) is 22.5 Å². The molecule has 1 unspecified atom stereocenters. The average Bonchev–Trinajstić information content (AvgIpc) is 3.04. The molecule has 1 amide bonds. The van der Waals surface area contributed by atoms with Gasteiger partial charge in [0.2, 0.25) is 5.91 Å². The van der Waals surface area contributed by atoms with E-state index in [0.29, 0.717) is 13.1 Å². The third-order valence-electron chi connectivity index (χ3n) is 5.79. The molecule has 8 nitrogen and oxygen atoms in total. The van der Waals surface area contributed by atoms with Crippen molar-refractivity contribution in [1.29, 1.82) is 0 Å². The molecule has 0 bridgehead atoms. The molecule has 0 radical (unpaired) electrons. The number of aromatic nitrogens is 2. The Balaban J connectivity index is 1.59. The summed E-state index contributed by atoms with van der Waals surface area (Å²) in [6.45, 7) is 7.16. The van der Waals surface area contributed by atoms with Gasteiger partial charge in [0.15, 0.2) is 0 Å². The Morgan fingerprint density at radius 2 is 1.91 bits per heavy atom. The number of aryl methyl sites for hydroxylation is 1. The smallest absolute Gasteiger partial charge is 0.269 e. The zero-order valence-corrected chi connectivity index (χ0v) is 18.9. The molecule has 0 aliphatic carbocycles. The number of nitrogens with one attached hydrogen (secondary N) is 1. The molecule has 32 heavy (non-hydrogen) atoms. The summed E-state index contributed by atoms with van der Waals surface area (Å²) in [7, 11) is 1.83. The number of nitro benzene ring substituents is 1. The highest BCUT2D eigenvalue weighted by Crippen LogP contribution is 2.22. The number of hydrogen-bond acceptors (Lipinski definition) is 5. The van der Waals surface area contributed by atoms with Gasteiger partial charge in [-0.3, -0.25) is 24.5 Å². The molecule has 0 saturated carbocycles. The lowest BCUT2D eigenvalue weighted by Gasteiger charge is -2.24. The van der Waals surface area contributed by atoms with Crippen molar-refractivity contribution < 1.29 is 9.72 Å². The first-order valence-electron chi connectivity index (χ1n) is 10.5. The molecule has 0 aliphatic heterocycles. The van der Waals surface area contributed by atoms with Crippen molar-refractivity contribution in [2.24, 2.45) is 0 Å². The van der Waals surface area contributed by atoms with Crippen LogP contribution in [0.25, 0.3) is 0 Å². The van der Waals surface area contributed by atoms with Gasteiger partial charge >= 0.3 is 0 Å². The van der Waals surface area contributed by atoms with Crippen LogP contribution in [0, 0.1) is 24.0 Å². The third-order valence-corrected chi connectivity index (χ3v) is 5.79. The highest BCUT2D eigenvalue weighted by Gasteiger charge is 2.18. The molecule has 1 atom stereocenters. The molecule has 0 saturated heterocycles. The van der Waals surface area contributed by atoms with Crippen molar-refractivity contribution in [1.82, 2.24) is 20.0 Å². The van der Waals surface area contributed by atoms with Gasteiger partial charge < -0.3 is 5.32 Å². The number of likely N-dealkylation sites (N-methyl/N-ethyl adjacent to an activating group) is 1. The molecule has 3 aromatic rings. The minimum atomic E-state index is -0.411. The number of nitro groups is 1. The van der Waals surface area contributed by atoms with E-state index in [1.54, 1.807) is 12.1 Å². The molecule has 168 valence electrons. The molecule has 0 spiro atoms. The summed E-state index contributed by atoms with van der Waals surface area (Å²) in [6.07, 6.45) is 0. The number of nitrogens with zero attached hydrogens (tertiary/aromatic N) is 4. The number of benzene rings is 2. The Labute approximate surface area is 188 Å². The average molecular weight is 436 g/mol. The van der Waals surface area contributed by atoms with Crippen LogP contribution in [0.2, 0.25) is 0 Å². The molecular formula is C24H29N5O3. The summed E-state index contributed by atoms with van der Waals surface area (Å²) in [5.74, 6) is -0.112. The quantitative estimate of drug-likeness (QED) is 0.408. The van der Waals surface area contributed by atoms with Gasteiger partial charge in [0.05, 0.1) is 23.7 Å². The molecular weight excluding hydrogens is 406 g/mol. The van der Waals surface area contributed by atoms with Crippen LogP contribution in [0.1, 0.15) is 41.0 Å². The lowest BCUT2D eigenvalue weighted by atomic mass is 10.1. The second-order valence-electron chi connectivity index (χ2n) is 8.01. The van der Waals surface area contributed by atoms with E-state index in [2.05, 4.69) is 22.5 Å². The Morgan fingerprint density at radius 1 is 1.19 bits per heavy atom. The lowest BCUT2D eigenvalue weighted by Crippen LogP contribution is -2.36. The molecule has 8 heteroatoms. The predicted octanol–water partition coefficient (Wildman–Crippen LogP) is 3.77. The standard InChI is InChI=1S/C24H29N5O3/c1-17-23(19(3)28(26-17)15-20-9-6-5-7-10-20)14-25-24(30)16-27(4)18(2)21-11-8-12-22(13-21)29(31)32/h5-13,18H,14-16H2,1-4H3,(H,25,30). The van der Waals surface area contributed by atoms with Gasteiger partial charge in [0.1, 0.15) is 0 Å². The maximum Gasteiger partial charge on any atom is 0.269 e. The molecule has 1 N–H and O–H groups in total. The Kier molecular flexibility index (Phi) is 7.37. The van der Waals surface area contributed by atoms with Gasteiger partial charge in [-0.1, -0.05) is 42.5 Å². The number of non-ortho nitro benzene ring substituents is 1. The molecule has 3 rings (SSSR count). The second-order valence-corrected chi connectivity index (χ2v) is 8.01. The number of rotatable bonds is 9. The fraction of sp³-hybridized carbons (Fsp3) is 0.333. The number of carbonyl (C=O) groups is 1. The monoisotopic (exact) mass is 435 g/mol. The Bertz CT molecular complexity index is 1090. The zero-order chi connectivity index (χ0) is 23.3. The number of amides is 1. The Morgan fingerprint density at radius 3 is 2.59 bits per heavy atom. The van der Waals surface area contributed by atoms with Crippen molar-refractivity contribution in [2.45, 2.75) is 39.9 Å². The van der Waals surface area contributed by atoms with Crippen LogP contribution in [0.15, 0.2) is 54.6 Å². The zero-order valence-electron chi connectivity index (χ0n) is 18.9. The summed E-state index contributed by atoms with van der Waals surface area (Å²) in [5.41, 5.74) is 4.96. The highest BCUT2D eigenvalue weighted by molar-refractivity contribution is 5.78. The number of hydrogen-bond donors (Lipinski definition) is 1. The first-order chi connectivity index (χ1) is 15.3. The highest BCUT2D eigenvalue weighted by atomic mass is 16.6. The van der Waals surface area contributed by atoms with Gasteiger partial charge in [0, 0.05) is 36.0 Å². The van der Waals surface area contributed by atoms with Crippen LogP contribution >= 0.6 is 0 Å². The van der Waals surface area contributed by atoms with Gasteiger partial charge in [-0.15, -0.1) is 0 Å². The van der Waals surface area contributed by atoms with E-state index in [9.17, 15) is 14.9 Å². The first kappa shape index (κ1) is 23.1. The molecule has 0 fully saturated rings. The summed E-state index contributed by atoms with van der Waals surface area (Å²) in [5, 5.41) is 18.6. The fourth-order valence-electron chi connectivity index (χ4n) is 3.66. The van der Waals surface area contributed by atoms with Crippen molar-refractivity contribution in [3.8, 4) is 0 Å². The predicted molar refractivity (Wildman–Crippen MR) is 123 cm³/mol. The fourth-order valence-corrected chi connectivity index (χ4v) is 3.66. The molecule has 1 heterocycles. The minimum absolute atomic E-state index is 0.0469. The van der Waals surface area contributed by atoms with E-state index in [-0.39, 0.29) is 24.2 Å². The largest absolute Gasteiger partial charge is 0.351 e. The summed E-state index contributed by atoms with van der Waals surface area (Å²) < 4.78 is 1.96. The molecule has 1 aromatic heterocycles. The van der Waals surface area contributed by atoms with Gasteiger partial charge in [-0.2, -0.15) is 5.10 Å². The maximum atomic E-state index is 12.6. The summed E-state index contributed by atoms with van der Waals surface area (Å²) in [4.78, 5) is 25.1. The molecule has 2 aromatic carbocycles. The first-order valence-corrected chi connectivity index (χ1v) is 10.5. The topological polar surface area (TPSA) is 93.3 Å². The minimum Gasteiger partial charge on any atom is -0.351 e. The van der Waals surface area contributed by atoms with E-state index in [4.69, 9.17) is 0 Å². The van der Waals surface area contributed by atoms with Crippen molar-refractivity contribution in [2.75, 3.05) is 13.6 Å². The normalized spacial score (nSPS) is 12.0. The van der Waals surface area contributed by atoms with E-state index < -0.39 is 4.92 Å². The van der Waals surface area contributed by atoms with Crippen molar-refractivity contribution in [3.05, 3.63) is 92.8 Å². The Hall–Kier alpha value is -3.52. The number of carbonyl (C=O) groups excluding carboxylic acids is 1. The SMILES string of the molecule is Cc1nn(Cc2ccccc2)c(C)c1CNC(=O)CN(C)C(C)c1cccc([N+](=O)[O-])c1. The van der Waals surface area contributed by atoms with Crippen LogP contribution in [-0.2, 0) is 17.9 Å². The van der Waals surface area contributed by atoms with E-state index in [1.807, 2.05) is 61.7 Å². The summed E-state index contributed by atoms with van der Waals surface area (Å²) in [6, 6.07) is 16.5. The lowest BCUT2D eigenvalue weighted by molar-refractivity contribution is -0.384. The van der Waals surface area contributed by atoms with Gasteiger partial charge in [0.25, 0.3) is 5.69 Å².